The van der Waals surface area contributed by atoms with Crippen LogP contribution in [0.4, 0.5) is 4.39 Å². The molecule has 1 heterocycles. The van der Waals surface area contributed by atoms with E-state index in [2.05, 4.69) is 5.32 Å². The van der Waals surface area contributed by atoms with Crippen LogP contribution in [0.2, 0.25) is 0 Å². The smallest absolute Gasteiger partial charge is 0.245 e. The first-order valence-electron chi connectivity index (χ1n) is 6.95. The van der Waals surface area contributed by atoms with Crippen LogP contribution in [0.15, 0.2) is 23.1 Å². The Labute approximate surface area is 125 Å². The van der Waals surface area contributed by atoms with Crippen molar-refractivity contribution in [2.24, 2.45) is 0 Å². The Bertz CT molecular complexity index is 586. The molecule has 0 aliphatic carbocycles. The van der Waals surface area contributed by atoms with E-state index in [0.29, 0.717) is 38.2 Å². The fraction of sp³-hybridized carbons (Fsp3) is 0.571. The molecular weight excluding hydrogens is 295 g/mol. The average Bonchev–Trinajstić information content (AvgIpc) is 2.47. The van der Waals surface area contributed by atoms with E-state index >= 15 is 0 Å². The molecule has 21 heavy (non-hydrogen) atoms. The number of hydrogen-bond acceptors (Lipinski definition) is 4. The Kier molecular flexibility index (Phi) is 5.32. The van der Waals surface area contributed by atoms with Gasteiger partial charge in [-0.1, -0.05) is 6.07 Å². The zero-order chi connectivity index (χ0) is 15.5. The molecule has 1 saturated heterocycles. The Morgan fingerprint density at radius 1 is 1.38 bits per heavy atom. The normalized spacial score (nSPS) is 17.3. The molecule has 0 unspecified atom stereocenters. The van der Waals surface area contributed by atoms with Gasteiger partial charge < -0.3 is 10.1 Å². The van der Waals surface area contributed by atoms with Crippen LogP contribution in [-0.2, 0) is 21.3 Å². The fourth-order valence-electron chi connectivity index (χ4n) is 2.47. The van der Waals surface area contributed by atoms with E-state index in [1.165, 1.54) is 23.5 Å². The van der Waals surface area contributed by atoms with E-state index in [4.69, 9.17) is 4.74 Å². The summed E-state index contributed by atoms with van der Waals surface area (Å²) in [7, 11) is -0.561. The lowest BCUT2D eigenvalue weighted by Crippen LogP contribution is -2.40. The van der Waals surface area contributed by atoms with Gasteiger partial charge in [-0.05, 0) is 37.6 Å². The number of ether oxygens (including phenoxy) is 1. The van der Waals surface area contributed by atoms with Gasteiger partial charge in [-0.25, -0.2) is 12.8 Å². The molecule has 0 spiro atoms. The highest BCUT2D eigenvalue weighted by atomic mass is 32.2. The molecule has 1 aliphatic heterocycles. The van der Waals surface area contributed by atoms with Crippen molar-refractivity contribution in [3.05, 3.63) is 29.6 Å². The quantitative estimate of drug-likeness (QED) is 0.891. The monoisotopic (exact) mass is 316 g/mol. The largest absolute Gasteiger partial charge is 0.381 e. The van der Waals surface area contributed by atoms with Gasteiger partial charge in [0.25, 0.3) is 0 Å². The molecule has 118 valence electrons. The maximum atomic E-state index is 14.1. The van der Waals surface area contributed by atoms with Crippen LogP contribution in [-0.4, -0.2) is 46.1 Å². The van der Waals surface area contributed by atoms with Crippen LogP contribution in [0.25, 0.3) is 0 Å². The minimum Gasteiger partial charge on any atom is -0.381 e. The standard InChI is InChI=1S/C14H21FN2O3S/c1-16-10-11-3-4-14(13(15)9-11)21(18,19)17(2)12-5-7-20-8-6-12/h3-4,9,12,16H,5-8,10H2,1-2H3. The summed E-state index contributed by atoms with van der Waals surface area (Å²) in [6, 6.07) is 4.10. The number of hydrogen-bond donors (Lipinski definition) is 1. The second-order valence-corrected chi connectivity index (χ2v) is 7.13. The first-order chi connectivity index (χ1) is 9.96. The van der Waals surface area contributed by atoms with Crippen molar-refractivity contribution in [3.63, 3.8) is 0 Å². The molecule has 5 nitrogen and oxygen atoms in total. The number of rotatable bonds is 5. The molecule has 2 rings (SSSR count). The number of nitrogens with zero attached hydrogens (tertiary/aromatic N) is 1. The van der Waals surface area contributed by atoms with Crippen LogP contribution in [0.5, 0.6) is 0 Å². The van der Waals surface area contributed by atoms with Gasteiger partial charge in [0.2, 0.25) is 10.0 Å². The number of halogens is 1. The van der Waals surface area contributed by atoms with Crippen LogP contribution < -0.4 is 5.32 Å². The third-order valence-electron chi connectivity index (χ3n) is 3.74. The van der Waals surface area contributed by atoms with Gasteiger partial charge in [-0.15, -0.1) is 0 Å². The molecule has 7 heteroatoms. The molecule has 0 amide bonds. The topological polar surface area (TPSA) is 58.6 Å². The summed E-state index contributed by atoms with van der Waals surface area (Å²) < 4.78 is 45.7. The molecular formula is C14H21FN2O3S. The maximum absolute atomic E-state index is 14.1. The highest BCUT2D eigenvalue weighted by Gasteiger charge is 2.31. The van der Waals surface area contributed by atoms with Crippen molar-refractivity contribution in [1.29, 1.82) is 0 Å². The zero-order valence-electron chi connectivity index (χ0n) is 12.3. The van der Waals surface area contributed by atoms with Gasteiger partial charge in [0, 0.05) is 32.8 Å². The SMILES string of the molecule is CNCc1ccc(S(=O)(=O)N(C)C2CCOCC2)c(F)c1. The molecule has 1 aromatic carbocycles. The number of benzene rings is 1. The third kappa shape index (κ3) is 3.60. The van der Waals surface area contributed by atoms with E-state index in [1.54, 1.807) is 13.1 Å². The highest BCUT2D eigenvalue weighted by molar-refractivity contribution is 7.89. The molecule has 1 N–H and O–H groups in total. The summed E-state index contributed by atoms with van der Waals surface area (Å²) in [5.74, 6) is -0.707. The highest BCUT2D eigenvalue weighted by Crippen LogP contribution is 2.24. The molecule has 0 bridgehead atoms. The summed E-state index contributed by atoms with van der Waals surface area (Å²) in [5.41, 5.74) is 0.711. The van der Waals surface area contributed by atoms with Crippen LogP contribution in [0, 0.1) is 5.82 Å². The van der Waals surface area contributed by atoms with E-state index in [0.717, 1.165) is 0 Å². The van der Waals surface area contributed by atoms with Crippen molar-refractivity contribution in [2.75, 3.05) is 27.3 Å². The molecule has 1 aromatic rings. The van der Waals surface area contributed by atoms with Gasteiger partial charge in [-0.3, -0.25) is 0 Å². The van der Waals surface area contributed by atoms with Crippen molar-refractivity contribution in [3.8, 4) is 0 Å². The second kappa shape index (κ2) is 6.83. The minimum atomic E-state index is -3.82. The average molecular weight is 316 g/mol. The Morgan fingerprint density at radius 2 is 2.05 bits per heavy atom. The predicted octanol–water partition coefficient (Wildman–Crippen LogP) is 1.34. The fourth-order valence-corrected chi connectivity index (χ4v) is 3.93. The van der Waals surface area contributed by atoms with Crippen LogP contribution in [0.1, 0.15) is 18.4 Å². The van der Waals surface area contributed by atoms with E-state index in [9.17, 15) is 12.8 Å². The Hall–Kier alpha value is -1.02. The van der Waals surface area contributed by atoms with E-state index in [-0.39, 0.29) is 10.9 Å². The van der Waals surface area contributed by atoms with Gasteiger partial charge in [0.15, 0.2) is 0 Å². The van der Waals surface area contributed by atoms with Crippen LogP contribution >= 0.6 is 0 Å². The van der Waals surface area contributed by atoms with Gasteiger partial charge in [0.1, 0.15) is 10.7 Å². The molecule has 0 radical (unpaired) electrons. The zero-order valence-corrected chi connectivity index (χ0v) is 13.1. The summed E-state index contributed by atoms with van der Waals surface area (Å²) in [4.78, 5) is -0.267. The molecule has 1 fully saturated rings. The summed E-state index contributed by atoms with van der Waals surface area (Å²) >= 11 is 0. The Balaban J connectivity index is 2.26. The maximum Gasteiger partial charge on any atom is 0.245 e. The van der Waals surface area contributed by atoms with E-state index < -0.39 is 15.8 Å². The lowest BCUT2D eigenvalue weighted by molar-refractivity contribution is 0.0631. The number of sulfonamides is 1. The summed E-state index contributed by atoms with van der Waals surface area (Å²) in [6.45, 7) is 1.56. The number of nitrogens with one attached hydrogen (secondary N) is 1. The van der Waals surface area contributed by atoms with Crippen molar-refractivity contribution in [2.45, 2.75) is 30.3 Å². The minimum absolute atomic E-state index is 0.139. The first-order valence-corrected chi connectivity index (χ1v) is 8.39. The molecule has 1 aliphatic rings. The van der Waals surface area contributed by atoms with Crippen LogP contribution in [0.3, 0.4) is 0 Å². The van der Waals surface area contributed by atoms with Gasteiger partial charge >= 0.3 is 0 Å². The predicted molar refractivity (Wildman–Crippen MR) is 78.0 cm³/mol. The third-order valence-corrected chi connectivity index (χ3v) is 5.68. The first kappa shape index (κ1) is 16.4. The summed E-state index contributed by atoms with van der Waals surface area (Å²) in [6.07, 6.45) is 1.27. The van der Waals surface area contributed by atoms with E-state index in [1.807, 2.05) is 0 Å². The Morgan fingerprint density at radius 3 is 2.62 bits per heavy atom. The van der Waals surface area contributed by atoms with Crippen molar-refractivity contribution < 1.29 is 17.5 Å². The molecule has 0 aromatic heterocycles. The lowest BCUT2D eigenvalue weighted by atomic mass is 10.1. The van der Waals surface area contributed by atoms with Gasteiger partial charge in [0.05, 0.1) is 0 Å². The summed E-state index contributed by atoms with van der Waals surface area (Å²) in [5, 5.41) is 2.90. The molecule has 0 saturated carbocycles. The molecule has 0 atom stereocenters. The van der Waals surface area contributed by atoms with Crippen molar-refractivity contribution in [1.82, 2.24) is 9.62 Å². The van der Waals surface area contributed by atoms with Crippen molar-refractivity contribution >= 4 is 10.0 Å². The lowest BCUT2D eigenvalue weighted by Gasteiger charge is -2.30. The van der Waals surface area contributed by atoms with Gasteiger partial charge in [-0.2, -0.15) is 4.31 Å². The second-order valence-electron chi connectivity index (χ2n) is 5.16.